The monoisotopic (exact) mass is 507 g/mol. The van der Waals surface area contributed by atoms with E-state index in [9.17, 15) is 0 Å². The molecule has 0 unspecified atom stereocenters. The van der Waals surface area contributed by atoms with Gasteiger partial charge < -0.3 is 14.8 Å². The van der Waals surface area contributed by atoms with Crippen molar-refractivity contribution in [3.8, 4) is 23.0 Å². The zero-order valence-electron chi connectivity index (χ0n) is 21.5. The van der Waals surface area contributed by atoms with Gasteiger partial charge in [0.2, 0.25) is 11.8 Å². The minimum absolute atomic E-state index is 0.531. The Morgan fingerprint density at radius 2 is 1.76 bits per heavy atom. The fraction of sp³-hybridized carbons (Fsp3) is 0.241. The summed E-state index contributed by atoms with van der Waals surface area (Å²) >= 11 is 0. The van der Waals surface area contributed by atoms with E-state index >= 15 is 0 Å². The van der Waals surface area contributed by atoms with Crippen LogP contribution in [-0.4, -0.2) is 50.2 Å². The van der Waals surface area contributed by atoms with Crippen molar-refractivity contribution < 1.29 is 9.47 Å². The quantitative estimate of drug-likeness (QED) is 0.331. The number of hydrogen-bond acceptors (Lipinski definition) is 8. The first kappa shape index (κ1) is 23.9. The number of anilines is 1. The number of pyridine rings is 1. The lowest BCUT2D eigenvalue weighted by Crippen LogP contribution is -2.30. The third-order valence-electron chi connectivity index (χ3n) is 6.83. The largest absolute Gasteiger partial charge is 0.493 e. The number of aromatic nitrogens is 5. The van der Waals surface area contributed by atoms with Gasteiger partial charge in [-0.15, -0.1) is 5.10 Å². The summed E-state index contributed by atoms with van der Waals surface area (Å²) in [7, 11) is 3.26. The van der Waals surface area contributed by atoms with Gasteiger partial charge in [-0.2, -0.15) is 4.52 Å². The second kappa shape index (κ2) is 10.5. The second-order valence-electron chi connectivity index (χ2n) is 9.27. The molecule has 5 aromatic rings. The van der Waals surface area contributed by atoms with Gasteiger partial charge in [-0.05, 0) is 47.4 Å². The van der Waals surface area contributed by atoms with Crippen LogP contribution in [0.25, 0.3) is 17.2 Å². The van der Waals surface area contributed by atoms with E-state index in [0.29, 0.717) is 29.8 Å². The van der Waals surface area contributed by atoms with Gasteiger partial charge in [-0.3, -0.25) is 9.88 Å². The Bertz CT molecular complexity index is 1570. The molecule has 6 rings (SSSR count). The van der Waals surface area contributed by atoms with Gasteiger partial charge in [0, 0.05) is 44.1 Å². The molecule has 0 radical (unpaired) electrons. The lowest BCUT2D eigenvalue weighted by Gasteiger charge is -2.28. The maximum atomic E-state index is 5.45. The first-order chi connectivity index (χ1) is 18.7. The van der Waals surface area contributed by atoms with Crippen LogP contribution in [0.15, 0.2) is 73.1 Å². The Morgan fingerprint density at radius 3 is 2.58 bits per heavy atom. The maximum Gasteiger partial charge on any atom is 0.226 e. The summed E-state index contributed by atoms with van der Waals surface area (Å²) in [5.74, 6) is 2.55. The Kier molecular flexibility index (Phi) is 6.58. The van der Waals surface area contributed by atoms with Crippen LogP contribution in [0.3, 0.4) is 0 Å². The standard InChI is InChI=1S/C29H29N7O2/c1-37-25-11-10-20(15-26(25)38-2)16-31-29-32-17-23(19-35-14-12-21-7-3-4-8-22(21)18-35)28-33-27(34-36(28)29)24-9-5-6-13-30-24/h3-11,13,15,17H,12,14,16,18-19H2,1-2H3,(H,31,32). The molecule has 38 heavy (non-hydrogen) atoms. The van der Waals surface area contributed by atoms with Crippen molar-refractivity contribution in [2.75, 3.05) is 26.1 Å². The van der Waals surface area contributed by atoms with Crippen molar-refractivity contribution in [3.63, 3.8) is 0 Å². The number of fused-ring (bicyclic) bond motifs is 2. The summed E-state index contributed by atoms with van der Waals surface area (Å²) in [5.41, 5.74) is 6.36. The Balaban J connectivity index is 1.31. The fourth-order valence-corrected chi connectivity index (χ4v) is 4.86. The van der Waals surface area contributed by atoms with Crippen molar-refractivity contribution in [2.45, 2.75) is 26.1 Å². The normalized spacial score (nSPS) is 13.3. The molecule has 3 aromatic heterocycles. The molecule has 1 aliphatic rings. The number of nitrogens with one attached hydrogen (secondary N) is 1. The molecule has 0 fully saturated rings. The zero-order valence-corrected chi connectivity index (χ0v) is 21.5. The lowest BCUT2D eigenvalue weighted by atomic mass is 10.00. The van der Waals surface area contributed by atoms with E-state index in [1.54, 1.807) is 24.9 Å². The molecule has 0 amide bonds. The van der Waals surface area contributed by atoms with E-state index in [0.717, 1.165) is 48.5 Å². The maximum absolute atomic E-state index is 5.45. The topological polar surface area (TPSA) is 89.7 Å². The molecule has 0 saturated carbocycles. The molecule has 1 N–H and O–H groups in total. The van der Waals surface area contributed by atoms with E-state index in [1.807, 2.05) is 42.6 Å². The smallest absolute Gasteiger partial charge is 0.226 e. The molecule has 192 valence electrons. The van der Waals surface area contributed by atoms with E-state index in [4.69, 9.17) is 24.5 Å². The Morgan fingerprint density at radius 1 is 0.921 bits per heavy atom. The molecule has 0 spiro atoms. The third kappa shape index (κ3) is 4.76. The molecule has 0 aliphatic carbocycles. The highest BCUT2D eigenvalue weighted by Gasteiger charge is 2.20. The molecule has 2 aromatic carbocycles. The lowest BCUT2D eigenvalue weighted by molar-refractivity contribution is 0.246. The van der Waals surface area contributed by atoms with Gasteiger partial charge in [0.25, 0.3) is 0 Å². The van der Waals surface area contributed by atoms with Crippen molar-refractivity contribution in [1.82, 2.24) is 29.5 Å². The highest BCUT2D eigenvalue weighted by Crippen LogP contribution is 2.28. The van der Waals surface area contributed by atoms with E-state index < -0.39 is 0 Å². The van der Waals surface area contributed by atoms with E-state index in [2.05, 4.69) is 39.5 Å². The summed E-state index contributed by atoms with van der Waals surface area (Å²) in [5, 5.41) is 8.22. The summed E-state index contributed by atoms with van der Waals surface area (Å²) in [6.45, 7) is 3.16. The SMILES string of the molecule is COc1ccc(CNc2ncc(CN3CCc4ccccc4C3)c3nc(-c4ccccn4)nn23)cc1OC. The fourth-order valence-electron chi connectivity index (χ4n) is 4.86. The van der Waals surface area contributed by atoms with E-state index in [-0.39, 0.29) is 0 Å². The highest BCUT2D eigenvalue weighted by atomic mass is 16.5. The van der Waals surface area contributed by atoms with Crippen LogP contribution in [0.2, 0.25) is 0 Å². The number of nitrogens with zero attached hydrogens (tertiary/aromatic N) is 6. The molecule has 0 saturated heterocycles. The molecule has 0 atom stereocenters. The highest BCUT2D eigenvalue weighted by molar-refractivity contribution is 5.59. The number of hydrogen-bond donors (Lipinski definition) is 1. The summed E-state index contributed by atoms with van der Waals surface area (Å²) in [6, 6.07) is 20.2. The van der Waals surface area contributed by atoms with Crippen LogP contribution in [0.5, 0.6) is 11.5 Å². The van der Waals surface area contributed by atoms with Crippen LogP contribution in [0.4, 0.5) is 5.95 Å². The molecule has 1 aliphatic heterocycles. The first-order valence-corrected chi connectivity index (χ1v) is 12.6. The number of methoxy groups -OCH3 is 2. The van der Waals surface area contributed by atoms with Gasteiger partial charge in [0.1, 0.15) is 5.69 Å². The summed E-state index contributed by atoms with van der Waals surface area (Å²) < 4.78 is 12.6. The van der Waals surface area contributed by atoms with E-state index in [1.165, 1.54) is 11.1 Å². The van der Waals surface area contributed by atoms with Crippen LogP contribution >= 0.6 is 0 Å². The van der Waals surface area contributed by atoms with Gasteiger partial charge >= 0.3 is 0 Å². The van der Waals surface area contributed by atoms with Crippen molar-refractivity contribution in [2.24, 2.45) is 0 Å². The van der Waals surface area contributed by atoms with Crippen molar-refractivity contribution >= 4 is 11.6 Å². The average molecular weight is 508 g/mol. The molecule has 0 bridgehead atoms. The predicted octanol–water partition coefficient (Wildman–Crippen LogP) is 4.37. The number of ether oxygens (including phenoxy) is 2. The van der Waals surface area contributed by atoms with Gasteiger partial charge in [-0.1, -0.05) is 36.4 Å². The van der Waals surface area contributed by atoms with Gasteiger partial charge in [0.15, 0.2) is 17.1 Å². The summed E-state index contributed by atoms with van der Waals surface area (Å²) in [4.78, 5) is 16.6. The van der Waals surface area contributed by atoms with Gasteiger partial charge in [-0.25, -0.2) is 9.97 Å². The van der Waals surface area contributed by atoms with Crippen LogP contribution in [-0.2, 0) is 26.1 Å². The number of benzene rings is 2. The molecular formula is C29H29N7O2. The molecular weight excluding hydrogens is 478 g/mol. The average Bonchev–Trinajstić information content (AvgIpc) is 3.43. The molecule has 4 heterocycles. The number of rotatable bonds is 8. The third-order valence-corrected chi connectivity index (χ3v) is 6.83. The minimum atomic E-state index is 0.531. The molecule has 9 heteroatoms. The summed E-state index contributed by atoms with van der Waals surface area (Å²) in [6.07, 6.45) is 4.70. The van der Waals surface area contributed by atoms with Crippen LogP contribution in [0, 0.1) is 0 Å². The first-order valence-electron chi connectivity index (χ1n) is 12.6. The Hall–Kier alpha value is -4.50. The molecule has 9 nitrogen and oxygen atoms in total. The van der Waals surface area contributed by atoms with Gasteiger partial charge in [0.05, 0.1) is 14.2 Å². The minimum Gasteiger partial charge on any atom is -0.493 e. The van der Waals surface area contributed by atoms with Crippen LogP contribution < -0.4 is 14.8 Å². The Labute approximate surface area is 221 Å². The van der Waals surface area contributed by atoms with Crippen molar-refractivity contribution in [3.05, 3.63) is 95.3 Å². The zero-order chi connectivity index (χ0) is 25.9. The van der Waals surface area contributed by atoms with Crippen LogP contribution in [0.1, 0.15) is 22.3 Å². The van der Waals surface area contributed by atoms with Crippen molar-refractivity contribution in [1.29, 1.82) is 0 Å². The second-order valence-corrected chi connectivity index (χ2v) is 9.27. The predicted molar refractivity (Wildman–Crippen MR) is 145 cm³/mol.